The molecule has 1 amide bonds. The number of aromatic nitrogens is 1. The number of methoxy groups -OCH3 is 1. The molecule has 0 N–H and O–H groups in total. The highest BCUT2D eigenvalue weighted by molar-refractivity contribution is 9.10. The van der Waals surface area contributed by atoms with E-state index in [4.69, 9.17) is 4.74 Å². The third-order valence-electron chi connectivity index (χ3n) is 2.88. The van der Waals surface area contributed by atoms with E-state index in [1.54, 1.807) is 24.3 Å². The van der Waals surface area contributed by atoms with Crippen molar-refractivity contribution in [3.8, 4) is 0 Å². The molecule has 1 unspecified atom stereocenters. The molecule has 100 valence electrons. The normalized spacial score (nSPS) is 12.2. The predicted octanol–water partition coefficient (Wildman–Crippen LogP) is 2.73. The molecule has 1 aromatic rings. The molecular formula is C13H19BrN2O2. The largest absolute Gasteiger partial charge is 0.383 e. The van der Waals surface area contributed by atoms with Crippen LogP contribution in [-0.2, 0) is 4.74 Å². The first-order valence-electron chi connectivity index (χ1n) is 6.02. The number of pyridine rings is 1. The van der Waals surface area contributed by atoms with E-state index in [0.29, 0.717) is 18.8 Å². The van der Waals surface area contributed by atoms with Crippen molar-refractivity contribution >= 4 is 21.8 Å². The molecule has 1 atom stereocenters. The second-order valence-electron chi connectivity index (χ2n) is 4.08. The third kappa shape index (κ3) is 3.78. The second-order valence-corrected chi connectivity index (χ2v) is 4.94. The van der Waals surface area contributed by atoms with Crippen molar-refractivity contribution in [2.45, 2.75) is 26.3 Å². The zero-order valence-corrected chi connectivity index (χ0v) is 12.6. The molecule has 0 saturated heterocycles. The Labute approximate surface area is 116 Å². The number of hydrogen-bond acceptors (Lipinski definition) is 3. The van der Waals surface area contributed by atoms with Crippen molar-refractivity contribution in [1.82, 2.24) is 9.88 Å². The van der Waals surface area contributed by atoms with Gasteiger partial charge in [0, 0.05) is 30.4 Å². The number of amides is 1. The summed E-state index contributed by atoms with van der Waals surface area (Å²) in [6.45, 7) is 5.20. The molecule has 0 aromatic carbocycles. The van der Waals surface area contributed by atoms with Crippen LogP contribution in [0.1, 0.15) is 30.8 Å². The van der Waals surface area contributed by atoms with Gasteiger partial charge in [-0.1, -0.05) is 6.92 Å². The highest BCUT2D eigenvalue weighted by Crippen LogP contribution is 2.17. The Balaban J connectivity index is 2.91. The topological polar surface area (TPSA) is 42.4 Å². The number of rotatable bonds is 6. The summed E-state index contributed by atoms with van der Waals surface area (Å²) in [6.07, 6.45) is 2.53. The molecule has 0 aliphatic heterocycles. The van der Waals surface area contributed by atoms with Gasteiger partial charge in [-0.15, -0.1) is 0 Å². The molecule has 0 aliphatic carbocycles. The SMILES string of the molecule is CCC(C)N(CCOC)C(=O)c1ncccc1Br. The number of hydrogen-bond donors (Lipinski definition) is 0. The smallest absolute Gasteiger partial charge is 0.273 e. The van der Waals surface area contributed by atoms with Crippen LogP contribution in [0.3, 0.4) is 0 Å². The lowest BCUT2D eigenvalue weighted by atomic mass is 10.2. The van der Waals surface area contributed by atoms with Gasteiger partial charge in [-0.05, 0) is 41.4 Å². The summed E-state index contributed by atoms with van der Waals surface area (Å²) in [5.41, 5.74) is 0.453. The van der Waals surface area contributed by atoms with Gasteiger partial charge < -0.3 is 9.64 Å². The lowest BCUT2D eigenvalue weighted by Gasteiger charge is -2.28. The van der Waals surface area contributed by atoms with Crippen LogP contribution in [0.25, 0.3) is 0 Å². The minimum atomic E-state index is -0.0612. The summed E-state index contributed by atoms with van der Waals surface area (Å²) in [4.78, 5) is 18.4. The van der Waals surface area contributed by atoms with E-state index in [-0.39, 0.29) is 11.9 Å². The van der Waals surface area contributed by atoms with Gasteiger partial charge in [0.05, 0.1) is 6.61 Å². The fourth-order valence-electron chi connectivity index (χ4n) is 1.61. The van der Waals surface area contributed by atoms with Gasteiger partial charge in [0.1, 0.15) is 5.69 Å². The van der Waals surface area contributed by atoms with Gasteiger partial charge in [-0.3, -0.25) is 4.79 Å². The van der Waals surface area contributed by atoms with E-state index in [1.165, 1.54) is 0 Å². The fourth-order valence-corrected chi connectivity index (χ4v) is 2.04. The zero-order chi connectivity index (χ0) is 13.5. The lowest BCUT2D eigenvalue weighted by Crippen LogP contribution is -2.41. The molecule has 18 heavy (non-hydrogen) atoms. The van der Waals surface area contributed by atoms with Crippen molar-refractivity contribution in [1.29, 1.82) is 0 Å². The van der Waals surface area contributed by atoms with Crippen LogP contribution in [0.2, 0.25) is 0 Å². The summed E-state index contributed by atoms with van der Waals surface area (Å²) in [6, 6.07) is 3.79. The van der Waals surface area contributed by atoms with Crippen LogP contribution in [0, 0.1) is 0 Å². The maximum atomic E-state index is 12.4. The van der Waals surface area contributed by atoms with Crippen molar-refractivity contribution < 1.29 is 9.53 Å². The van der Waals surface area contributed by atoms with Crippen LogP contribution in [0.4, 0.5) is 0 Å². The monoisotopic (exact) mass is 314 g/mol. The van der Waals surface area contributed by atoms with Gasteiger partial charge in [-0.25, -0.2) is 4.98 Å². The lowest BCUT2D eigenvalue weighted by molar-refractivity contribution is 0.0607. The minimum absolute atomic E-state index is 0.0612. The summed E-state index contributed by atoms with van der Waals surface area (Å²) in [5, 5.41) is 0. The van der Waals surface area contributed by atoms with E-state index in [9.17, 15) is 4.79 Å². The number of carbonyl (C=O) groups excluding carboxylic acids is 1. The molecule has 0 radical (unpaired) electrons. The summed E-state index contributed by atoms with van der Waals surface area (Å²) in [5.74, 6) is -0.0612. The summed E-state index contributed by atoms with van der Waals surface area (Å²) in [7, 11) is 1.63. The predicted molar refractivity (Wildman–Crippen MR) is 74.6 cm³/mol. The molecule has 4 nitrogen and oxygen atoms in total. The van der Waals surface area contributed by atoms with E-state index >= 15 is 0 Å². The zero-order valence-electron chi connectivity index (χ0n) is 11.0. The number of nitrogens with zero attached hydrogens (tertiary/aromatic N) is 2. The van der Waals surface area contributed by atoms with E-state index in [0.717, 1.165) is 10.9 Å². The molecule has 5 heteroatoms. The molecule has 0 spiro atoms. The van der Waals surface area contributed by atoms with Crippen molar-refractivity contribution in [3.63, 3.8) is 0 Å². The number of ether oxygens (including phenoxy) is 1. The second kappa shape index (κ2) is 7.48. The van der Waals surface area contributed by atoms with E-state index in [1.807, 2.05) is 13.0 Å². The standard InChI is InChI=1S/C13H19BrN2O2/c1-4-10(2)16(8-9-18-3)13(17)12-11(14)6-5-7-15-12/h5-7,10H,4,8-9H2,1-3H3. The average Bonchev–Trinajstić information content (AvgIpc) is 2.39. The number of halogens is 1. The van der Waals surface area contributed by atoms with Gasteiger partial charge >= 0.3 is 0 Å². The average molecular weight is 315 g/mol. The Hall–Kier alpha value is -0.940. The first-order chi connectivity index (χ1) is 8.61. The van der Waals surface area contributed by atoms with Crippen LogP contribution >= 0.6 is 15.9 Å². The molecule has 1 heterocycles. The Morgan fingerprint density at radius 2 is 2.33 bits per heavy atom. The third-order valence-corrected chi connectivity index (χ3v) is 3.52. The Morgan fingerprint density at radius 3 is 2.89 bits per heavy atom. The highest BCUT2D eigenvalue weighted by atomic mass is 79.9. The van der Waals surface area contributed by atoms with Crippen LogP contribution in [0.5, 0.6) is 0 Å². The molecule has 1 aromatic heterocycles. The molecule has 0 saturated carbocycles. The molecular weight excluding hydrogens is 296 g/mol. The Bertz CT molecular complexity index is 398. The Morgan fingerprint density at radius 1 is 1.61 bits per heavy atom. The Kier molecular flexibility index (Phi) is 6.29. The molecule has 0 aliphatic rings. The van der Waals surface area contributed by atoms with E-state index < -0.39 is 0 Å². The molecule has 0 fully saturated rings. The maximum Gasteiger partial charge on any atom is 0.273 e. The summed E-state index contributed by atoms with van der Waals surface area (Å²) < 4.78 is 5.78. The summed E-state index contributed by atoms with van der Waals surface area (Å²) >= 11 is 3.36. The first-order valence-corrected chi connectivity index (χ1v) is 6.81. The number of carbonyl (C=O) groups is 1. The quantitative estimate of drug-likeness (QED) is 0.810. The van der Waals surface area contributed by atoms with Crippen molar-refractivity contribution in [2.75, 3.05) is 20.3 Å². The van der Waals surface area contributed by atoms with Crippen molar-refractivity contribution in [2.24, 2.45) is 0 Å². The van der Waals surface area contributed by atoms with E-state index in [2.05, 4.69) is 27.8 Å². The van der Waals surface area contributed by atoms with Gasteiger partial charge in [-0.2, -0.15) is 0 Å². The molecule has 0 bridgehead atoms. The van der Waals surface area contributed by atoms with Gasteiger partial charge in [0.2, 0.25) is 0 Å². The fraction of sp³-hybridized carbons (Fsp3) is 0.538. The highest BCUT2D eigenvalue weighted by Gasteiger charge is 2.22. The van der Waals surface area contributed by atoms with Crippen LogP contribution in [0.15, 0.2) is 22.8 Å². The minimum Gasteiger partial charge on any atom is -0.383 e. The van der Waals surface area contributed by atoms with Gasteiger partial charge in [0.15, 0.2) is 0 Å². The van der Waals surface area contributed by atoms with Gasteiger partial charge in [0.25, 0.3) is 5.91 Å². The van der Waals surface area contributed by atoms with Crippen LogP contribution in [-0.4, -0.2) is 42.1 Å². The first kappa shape index (κ1) is 15.1. The van der Waals surface area contributed by atoms with Crippen molar-refractivity contribution in [3.05, 3.63) is 28.5 Å². The maximum absolute atomic E-state index is 12.4. The van der Waals surface area contributed by atoms with Crippen LogP contribution < -0.4 is 0 Å². The molecule has 1 rings (SSSR count).